The molecular weight excluding hydrogens is 345 g/mol. The first-order chi connectivity index (χ1) is 12.8. The second-order valence-corrected chi connectivity index (χ2v) is 6.87. The van der Waals surface area contributed by atoms with Crippen LogP contribution in [0.5, 0.6) is 0 Å². The molecule has 2 aromatic carbocycles. The highest BCUT2D eigenvalue weighted by Gasteiger charge is 2.16. The zero-order valence-electron chi connectivity index (χ0n) is 16.3. The van der Waals surface area contributed by atoms with E-state index in [1.807, 2.05) is 38.1 Å². The van der Waals surface area contributed by atoms with Gasteiger partial charge in [-0.2, -0.15) is 0 Å². The van der Waals surface area contributed by atoms with E-state index in [0.717, 1.165) is 22.4 Å². The van der Waals surface area contributed by atoms with E-state index in [0.29, 0.717) is 6.54 Å². The lowest BCUT2D eigenvalue weighted by Crippen LogP contribution is -2.40. The summed E-state index contributed by atoms with van der Waals surface area (Å²) in [7, 11) is 3.38. The number of hydrogen-bond acceptors (Lipinski definition) is 3. The van der Waals surface area contributed by atoms with Gasteiger partial charge in [-0.15, -0.1) is 0 Å². The van der Waals surface area contributed by atoms with Crippen LogP contribution in [-0.2, 0) is 16.1 Å². The summed E-state index contributed by atoms with van der Waals surface area (Å²) >= 11 is 0. The van der Waals surface area contributed by atoms with Gasteiger partial charge in [0.2, 0.25) is 11.8 Å². The molecular formula is C21H26FN3O2. The Bertz CT molecular complexity index is 803. The number of likely N-dealkylation sites (N-methyl/N-ethyl adjacent to an activating group) is 2. The summed E-state index contributed by atoms with van der Waals surface area (Å²) < 4.78 is 13.2. The Labute approximate surface area is 159 Å². The molecule has 144 valence electrons. The second kappa shape index (κ2) is 9.28. The number of rotatable bonds is 7. The fourth-order valence-corrected chi connectivity index (χ4v) is 2.85. The van der Waals surface area contributed by atoms with Gasteiger partial charge in [-0.1, -0.05) is 30.3 Å². The highest BCUT2D eigenvalue weighted by Crippen LogP contribution is 2.19. The summed E-state index contributed by atoms with van der Waals surface area (Å²) in [5, 5.41) is 2.88. The molecule has 0 unspecified atom stereocenters. The minimum absolute atomic E-state index is 0.0274. The summed E-state index contributed by atoms with van der Waals surface area (Å²) in [6.45, 7) is 4.42. The van der Waals surface area contributed by atoms with Crippen molar-refractivity contribution in [3.05, 3.63) is 65.0 Å². The van der Waals surface area contributed by atoms with Crippen LogP contribution in [0.3, 0.4) is 0 Å². The SMILES string of the molecule is Cc1cccc(C)c1NC(=O)CN(C)C(=O)CN(C)Cc1cccc(F)c1. The van der Waals surface area contributed by atoms with Crippen molar-refractivity contribution in [2.24, 2.45) is 0 Å². The van der Waals surface area contributed by atoms with Crippen molar-refractivity contribution in [1.29, 1.82) is 0 Å². The maximum Gasteiger partial charge on any atom is 0.243 e. The van der Waals surface area contributed by atoms with Gasteiger partial charge in [-0.3, -0.25) is 14.5 Å². The number of carbonyl (C=O) groups excluding carboxylic acids is 2. The zero-order chi connectivity index (χ0) is 20.0. The molecule has 0 aromatic heterocycles. The van der Waals surface area contributed by atoms with Gasteiger partial charge in [0, 0.05) is 19.3 Å². The van der Waals surface area contributed by atoms with E-state index in [2.05, 4.69) is 5.32 Å². The highest BCUT2D eigenvalue weighted by atomic mass is 19.1. The van der Waals surface area contributed by atoms with Crippen LogP contribution in [0.2, 0.25) is 0 Å². The summed E-state index contributed by atoms with van der Waals surface area (Å²) in [6, 6.07) is 12.1. The summed E-state index contributed by atoms with van der Waals surface area (Å²) in [6.07, 6.45) is 0. The first-order valence-corrected chi connectivity index (χ1v) is 8.79. The average Bonchev–Trinajstić information content (AvgIpc) is 2.58. The number of halogens is 1. The maximum absolute atomic E-state index is 13.2. The smallest absolute Gasteiger partial charge is 0.243 e. The number of nitrogens with one attached hydrogen (secondary N) is 1. The van der Waals surface area contributed by atoms with Crippen molar-refractivity contribution in [3.63, 3.8) is 0 Å². The molecule has 2 amide bonds. The fourth-order valence-electron chi connectivity index (χ4n) is 2.85. The largest absolute Gasteiger partial charge is 0.335 e. The topological polar surface area (TPSA) is 52.7 Å². The first kappa shape index (κ1) is 20.6. The quantitative estimate of drug-likeness (QED) is 0.814. The van der Waals surface area contributed by atoms with E-state index >= 15 is 0 Å². The molecule has 0 atom stereocenters. The van der Waals surface area contributed by atoms with Gasteiger partial charge in [-0.05, 0) is 49.7 Å². The molecule has 0 radical (unpaired) electrons. The van der Waals surface area contributed by atoms with E-state index in [-0.39, 0.29) is 30.7 Å². The van der Waals surface area contributed by atoms with Crippen molar-refractivity contribution in [3.8, 4) is 0 Å². The van der Waals surface area contributed by atoms with E-state index in [9.17, 15) is 14.0 Å². The van der Waals surface area contributed by atoms with Crippen LogP contribution in [0.1, 0.15) is 16.7 Å². The second-order valence-electron chi connectivity index (χ2n) is 6.87. The molecule has 1 N–H and O–H groups in total. The molecule has 0 saturated carbocycles. The number of para-hydroxylation sites is 1. The van der Waals surface area contributed by atoms with Gasteiger partial charge in [0.1, 0.15) is 5.82 Å². The number of hydrogen-bond donors (Lipinski definition) is 1. The van der Waals surface area contributed by atoms with Crippen LogP contribution in [0, 0.1) is 19.7 Å². The number of nitrogens with zero attached hydrogens (tertiary/aromatic N) is 2. The Morgan fingerprint density at radius 1 is 1.00 bits per heavy atom. The first-order valence-electron chi connectivity index (χ1n) is 8.79. The van der Waals surface area contributed by atoms with Gasteiger partial charge in [0.15, 0.2) is 0 Å². The number of amides is 2. The third kappa shape index (κ3) is 6.18. The Hall–Kier alpha value is -2.73. The van der Waals surface area contributed by atoms with E-state index in [1.165, 1.54) is 17.0 Å². The van der Waals surface area contributed by atoms with Crippen molar-refractivity contribution in [2.45, 2.75) is 20.4 Å². The highest BCUT2D eigenvalue weighted by molar-refractivity contribution is 5.95. The Balaban J connectivity index is 1.86. The lowest BCUT2D eigenvalue weighted by Gasteiger charge is -2.22. The van der Waals surface area contributed by atoms with Crippen LogP contribution in [0.25, 0.3) is 0 Å². The maximum atomic E-state index is 13.2. The fraction of sp³-hybridized carbons (Fsp3) is 0.333. The van der Waals surface area contributed by atoms with Crippen LogP contribution < -0.4 is 5.32 Å². The van der Waals surface area contributed by atoms with E-state index in [4.69, 9.17) is 0 Å². The van der Waals surface area contributed by atoms with Gasteiger partial charge in [0.25, 0.3) is 0 Å². The van der Waals surface area contributed by atoms with Crippen LogP contribution >= 0.6 is 0 Å². The Morgan fingerprint density at radius 2 is 1.63 bits per heavy atom. The monoisotopic (exact) mass is 371 g/mol. The van der Waals surface area contributed by atoms with Crippen molar-refractivity contribution < 1.29 is 14.0 Å². The standard InChI is InChI=1S/C21H26FN3O2/c1-15-7-5-8-16(2)21(15)23-19(26)13-25(4)20(27)14-24(3)12-17-9-6-10-18(22)11-17/h5-11H,12-14H2,1-4H3,(H,23,26). The average molecular weight is 371 g/mol. The lowest BCUT2D eigenvalue weighted by atomic mass is 10.1. The molecule has 2 aromatic rings. The Kier molecular flexibility index (Phi) is 7.07. The van der Waals surface area contributed by atoms with Crippen LogP contribution in [-0.4, -0.2) is 48.8 Å². The predicted molar refractivity (Wildman–Crippen MR) is 105 cm³/mol. The summed E-state index contributed by atoms with van der Waals surface area (Å²) in [4.78, 5) is 27.8. The third-order valence-corrected chi connectivity index (χ3v) is 4.30. The van der Waals surface area contributed by atoms with Crippen molar-refractivity contribution in [1.82, 2.24) is 9.80 Å². The molecule has 0 fully saturated rings. The molecule has 0 heterocycles. The number of carbonyl (C=O) groups is 2. The van der Waals surface area contributed by atoms with Gasteiger partial charge in [0.05, 0.1) is 13.1 Å². The van der Waals surface area contributed by atoms with Crippen LogP contribution in [0.15, 0.2) is 42.5 Å². The molecule has 0 saturated heterocycles. The molecule has 0 spiro atoms. The molecule has 2 rings (SSSR count). The van der Waals surface area contributed by atoms with Gasteiger partial charge >= 0.3 is 0 Å². The molecule has 0 aliphatic carbocycles. The summed E-state index contributed by atoms with van der Waals surface area (Å²) in [5.74, 6) is -0.714. The Morgan fingerprint density at radius 3 is 2.26 bits per heavy atom. The third-order valence-electron chi connectivity index (χ3n) is 4.30. The molecule has 27 heavy (non-hydrogen) atoms. The van der Waals surface area contributed by atoms with Crippen molar-refractivity contribution in [2.75, 3.05) is 32.5 Å². The number of aryl methyl sites for hydroxylation is 2. The summed E-state index contributed by atoms with van der Waals surface area (Å²) in [5.41, 5.74) is 3.53. The zero-order valence-corrected chi connectivity index (χ0v) is 16.3. The van der Waals surface area contributed by atoms with E-state index in [1.54, 1.807) is 25.1 Å². The van der Waals surface area contributed by atoms with E-state index < -0.39 is 0 Å². The minimum atomic E-state index is -0.299. The van der Waals surface area contributed by atoms with Crippen LogP contribution in [0.4, 0.5) is 10.1 Å². The molecule has 6 heteroatoms. The minimum Gasteiger partial charge on any atom is -0.335 e. The number of benzene rings is 2. The molecule has 0 aliphatic heterocycles. The van der Waals surface area contributed by atoms with Gasteiger partial charge < -0.3 is 10.2 Å². The van der Waals surface area contributed by atoms with Crippen molar-refractivity contribution >= 4 is 17.5 Å². The van der Waals surface area contributed by atoms with Gasteiger partial charge in [-0.25, -0.2) is 4.39 Å². The molecule has 0 bridgehead atoms. The number of anilines is 1. The normalized spacial score (nSPS) is 10.7. The predicted octanol–water partition coefficient (Wildman–Crippen LogP) is 2.97. The molecule has 5 nitrogen and oxygen atoms in total. The molecule has 0 aliphatic rings. The lowest BCUT2D eigenvalue weighted by molar-refractivity contribution is -0.134.